The van der Waals surface area contributed by atoms with E-state index >= 15 is 0 Å². The van der Waals surface area contributed by atoms with Crippen LogP contribution in [0.1, 0.15) is 36.6 Å². The lowest BCUT2D eigenvalue weighted by Gasteiger charge is -2.28. The van der Waals surface area contributed by atoms with E-state index in [1.807, 2.05) is 0 Å². The minimum Gasteiger partial charge on any atom is -0.466 e. The highest BCUT2D eigenvalue weighted by molar-refractivity contribution is 5.91. The molecule has 0 saturated heterocycles. The van der Waals surface area contributed by atoms with E-state index < -0.39 is 47.1 Å². The third-order valence-electron chi connectivity index (χ3n) is 5.88. The van der Waals surface area contributed by atoms with Crippen LogP contribution in [0.3, 0.4) is 0 Å². The SMILES string of the molecule is COC(=O)C1=C(NC(=O)C(N)Cc2nc(-c3ccc(F)cn3)no2)CC(c2cc(F)cc(F)c2F)CC1. The van der Waals surface area contributed by atoms with Gasteiger partial charge in [0, 0.05) is 11.8 Å². The van der Waals surface area contributed by atoms with Gasteiger partial charge in [-0.15, -0.1) is 0 Å². The van der Waals surface area contributed by atoms with Crippen molar-refractivity contribution in [2.75, 3.05) is 7.11 Å². The maximum Gasteiger partial charge on any atom is 0.335 e. The van der Waals surface area contributed by atoms with Crippen LogP contribution in [0.2, 0.25) is 0 Å². The number of carbonyl (C=O) groups is 2. The Morgan fingerprint density at radius 2 is 2.00 bits per heavy atom. The fourth-order valence-electron chi connectivity index (χ4n) is 4.03. The number of aromatic nitrogens is 3. The van der Waals surface area contributed by atoms with Gasteiger partial charge in [0.1, 0.15) is 17.3 Å². The molecule has 37 heavy (non-hydrogen) atoms. The van der Waals surface area contributed by atoms with Gasteiger partial charge < -0.3 is 20.3 Å². The highest BCUT2D eigenvalue weighted by Crippen LogP contribution is 2.37. The second-order valence-electron chi connectivity index (χ2n) is 8.35. The van der Waals surface area contributed by atoms with Gasteiger partial charge in [0.25, 0.3) is 0 Å². The van der Waals surface area contributed by atoms with E-state index in [1.54, 1.807) is 0 Å². The van der Waals surface area contributed by atoms with Crippen molar-refractivity contribution in [3.63, 3.8) is 0 Å². The Kier molecular flexibility index (Phi) is 7.62. The van der Waals surface area contributed by atoms with Crippen molar-refractivity contribution in [1.82, 2.24) is 20.4 Å². The maximum absolute atomic E-state index is 14.4. The fourth-order valence-corrected chi connectivity index (χ4v) is 4.03. The number of ether oxygens (including phenoxy) is 1. The zero-order chi connectivity index (χ0) is 26.7. The third-order valence-corrected chi connectivity index (χ3v) is 5.88. The first-order valence-corrected chi connectivity index (χ1v) is 11.1. The predicted molar refractivity (Wildman–Crippen MR) is 119 cm³/mol. The van der Waals surface area contributed by atoms with Gasteiger partial charge in [0.05, 0.1) is 31.3 Å². The minimum absolute atomic E-state index is 0.00442. The Morgan fingerprint density at radius 3 is 2.70 bits per heavy atom. The normalized spacial score (nSPS) is 16.4. The van der Waals surface area contributed by atoms with E-state index in [4.69, 9.17) is 15.0 Å². The molecule has 3 N–H and O–H groups in total. The van der Waals surface area contributed by atoms with Crippen LogP contribution in [0.25, 0.3) is 11.5 Å². The number of benzene rings is 1. The largest absolute Gasteiger partial charge is 0.466 e. The van der Waals surface area contributed by atoms with Crippen molar-refractivity contribution in [3.8, 4) is 11.5 Å². The molecule has 194 valence electrons. The van der Waals surface area contributed by atoms with E-state index in [1.165, 1.54) is 12.1 Å². The van der Waals surface area contributed by atoms with E-state index in [0.717, 1.165) is 19.4 Å². The van der Waals surface area contributed by atoms with Gasteiger partial charge in [0.2, 0.25) is 17.6 Å². The molecule has 2 heterocycles. The van der Waals surface area contributed by atoms with Gasteiger partial charge in [-0.1, -0.05) is 5.16 Å². The number of rotatable bonds is 7. The number of methoxy groups -OCH3 is 1. The summed E-state index contributed by atoms with van der Waals surface area (Å²) in [5, 5.41) is 6.29. The van der Waals surface area contributed by atoms with Crippen LogP contribution >= 0.6 is 0 Å². The van der Waals surface area contributed by atoms with Crippen molar-refractivity contribution in [3.05, 3.63) is 76.5 Å². The summed E-state index contributed by atoms with van der Waals surface area (Å²) in [6.07, 6.45) is 0.964. The number of halogens is 4. The molecule has 9 nitrogen and oxygen atoms in total. The van der Waals surface area contributed by atoms with Crippen LogP contribution < -0.4 is 11.1 Å². The number of allylic oxidation sites excluding steroid dienone is 1. The summed E-state index contributed by atoms with van der Waals surface area (Å²) in [4.78, 5) is 33.1. The van der Waals surface area contributed by atoms with Crippen LogP contribution in [0.15, 0.2) is 46.3 Å². The van der Waals surface area contributed by atoms with E-state index in [0.29, 0.717) is 6.07 Å². The zero-order valence-corrected chi connectivity index (χ0v) is 19.4. The zero-order valence-electron chi connectivity index (χ0n) is 19.4. The highest BCUT2D eigenvalue weighted by atomic mass is 19.2. The summed E-state index contributed by atoms with van der Waals surface area (Å²) in [5.74, 6) is -6.09. The summed E-state index contributed by atoms with van der Waals surface area (Å²) < 4.78 is 64.8. The predicted octanol–water partition coefficient (Wildman–Crippen LogP) is 3.07. The quantitative estimate of drug-likeness (QED) is 0.277. The van der Waals surface area contributed by atoms with E-state index in [9.17, 15) is 27.2 Å². The molecule has 0 saturated carbocycles. The number of carbonyl (C=O) groups excluding carboxylic acids is 2. The molecule has 2 unspecified atom stereocenters. The van der Waals surface area contributed by atoms with Gasteiger partial charge >= 0.3 is 5.97 Å². The van der Waals surface area contributed by atoms with E-state index in [-0.39, 0.29) is 59.9 Å². The monoisotopic (exact) mass is 519 g/mol. The lowest BCUT2D eigenvalue weighted by molar-refractivity contribution is -0.136. The van der Waals surface area contributed by atoms with Crippen molar-refractivity contribution in [2.24, 2.45) is 5.73 Å². The number of nitrogens with two attached hydrogens (primary N) is 1. The number of pyridine rings is 1. The molecule has 2 atom stereocenters. The Bertz CT molecular complexity index is 1360. The van der Waals surface area contributed by atoms with Gasteiger partial charge in [-0.2, -0.15) is 4.98 Å². The summed E-state index contributed by atoms with van der Waals surface area (Å²) in [5.41, 5.74) is 6.28. The molecule has 13 heteroatoms. The van der Waals surface area contributed by atoms with Gasteiger partial charge in [-0.3, -0.25) is 4.79 Å². The molecule has 1 amide bonds. The standard InChI is InChI=1S/C24H21F4N5O4/c1-36-24(35)14-4-2-11(15-7-13(26)8-16(27)21(15)28)6-19(14)31-23(34)17(29)9-20-32-22(33-37-20)18-5-3-12(25)10-30-18/h3,5,7-8,10-11,17H,2,4,6,9,29H2,1H3,(H,31,34). The Morgan fingerprint density at radius 1 is 1.22 bits per heavy atom. The first-order chi connectivity index (χ1) is 17.7. The average molecular weight is 519 g/mol. The lowest BCUT2D eigenvalue weighted by Crippen LogP contribution is -2.43. The first kappa shape index (κ1) is 25.9. The molecule has 0 radical (unpaired) electrons. The number of hydrogen-bond donors (Lipinski definition) is 2. The van der Waals surface area contributed by atoms with Crippen molar-refractivity contribution in [1.29, 1.82) is 0 Å². The Balaban J connectivity index is 1.49. The molecule has 2 aromatic heterocycles. The summed E-state index contributed by atoms with van der Waals surface area (Å²) >= 11 is 0. The molecule has 1 aliphatic carbocycles. The van der Waals surface area contributed by atoms with Crippen molar-refractivity contribution >= 4 is 11.9 Å². The summed E-state index contributed by atoms with van der Waals surface area (Å²) in [6, 6.07) is 2.65. The number of amides is 1. The fraction of sp³-hybridized carbons (Fsp3) is 0.292. The molecular weight excluding hydrogens is 498 g/mol. The summed E-state index contributed by atoms with van der Waals surface area (Å²) in [6.45, 7) is 0. The Labute approximate surface area is 207 Å². The number of nitrogens with one attached hydrogen (secondary N) is 1. The lowest BCUT2D eigenvalue weighted by atomic mass is 9.82. The van der Waals surface area contributed by atoms with Crippen LogP contribution in [0.4, 0.5) is 17.6 Å². The second-order valence-corrected chi connectivity index (χ2v) is 8.35. The van der Waals surface area contributed by atoms with Crippen molar-refractivity contribution < 1.29 is 36.4 Å². The van der Waals surface area contributed by atoms with Crippen LogP contribution in [-0.2, 0) is 20.7 Å². The first-order valence-electron chi connectivity index (χ1n) is 11.1. The van der Waals surface area contributed by atoms with Crippen LogP contribution in [-0.4, -0.2) is 40.2 Å². The molecule has 0 fully saturated rings. The van der Waals surface area contributed by atoms with Crippen molar-refractivity contribution in [2.45, 2.75) is 37.6 Å². The number of hydrogen-bond acceptors (Lipinski definition) is 8. The molecule has 1 aromatic carbocycles. The molecule has 0 aliphatic heterocycles. The molecule has 3 aromatic rings. The smallest absolute Gasteiger partial charge is 0.335 e. The molecule has 0 spiro atoms. The highest BCUT2D eigenvalue weighted by Gasteiger charge is 2.31. The number of nitrogens with zero attached hydrogens (tertiary/aromatic N) is 3. The molecular formula is C24H21F4N5O4. The summed E-state index contributed by atoms with van der Waals surface area (Å²) in [7, 11) is 1.16. The van der Waals surface area contributed by atoms with Gasteiger partial charge in [-0.25, -0.2) is 27.3 Å². The minimum atomic E-state index is -1.33. The van der Waals surface area contributed by atoms with Gasteiger partial charge in [0.15, 0.2) is 11.6 Å². The number of esters is 1. The topological polar surface area (TPSA) is 133 Å². The van der Waals surface area contributed by atoms with Gasteiger partial charge in [-0.05, 0) is 48.9 Å². The maximum atomic E-state index is 14.4. The van der Waals surface area contributed by atoms with E-state index in [2.05, 4.69) is 20.4 Å². The Hall–Kier alpha value is -4.13. The van der Waals surface area contributed by atoms with Crippen LogP contribution in [0.5, 0.6) is 0 Å². The van der Waals surface area contributed by atoms with Crippen LogP contribution in [0, 0.1) is 23.3 Å². The second kappa shape index (κ2) is 10.9. The molecule has 4 rings (SSSR count). The average Bonchev–Trinajstić information content (AvgIpc) is 3.34. The third kappa shape index (κ3) is 5.82. The molecule has 0 bridgehead atoms. The molecule has 1 aliphatic rings.